The van der Waals surface area contributed by atoms with Crippen molar-refractivity contribution in [2.45, 2.75) is 25.9 Å². The Morgan fingerprint density at radius 1 is 0.839 bits per heavy atom. The number of thiocarbonyl (C=S) groups is 1. The second-order valence-electron chi connectivity index (χ2n) is 7.98. The minimum atomic E-state index is -0.0631. The summed E-state index contributed by atoms with van der Waals surface area (Å²) in [6.07, 6.45) is 3.95. The summed E-state index contributed by atoms with van der Waals surface area (Å²) in [4.78, 5) is 6.90. The molecule has 0 saturated carbocycles. The van der Waals surface area contributed by atoms with Gasteiger partial charge in [0.1, 0.15) is 6.04 Å². The van der Waals surface area contributed by atoms with Gasteiger partial charge < -0.3 is 14.8 Å². The quantitative estimate of drug-likeness (QED) is 0.428. The van der Waals surface area contributed by atoms with Crippen molar-refractivity contribution in [2.24, 2.45) is 0 Å². The van der Waals surface area contributed by atoms with Gasteiger partial charge in [-0.3, -0.25) is 4.98 Å². The molecule has 4 nitrogen and oxygen atoms in total. The van der Waals surface area contributed by atoms with Gasteiger partial charge >= 0.3 is 0 Å². The first-order valence-corrected chi connectivity index (χ1v) is 10.8. The lowest BCUT2D eigenvalue weighted by atomic mass is 10.00. The van der Waals surface area contributed by atoms with E-state index in [1.165, 1.54) is 11.1 Å². The summed E-state index contributed by atoms with van der Waals surface area (Å²) >= 11 is 5.87. The Morgan fingerprint density at radius 3 is 2.29 bits per heavy atom. The largest absolute Gasteiger partial charge is 0.351 e. The monoisotopic (exact) mass is 424 g/mol. The number of nitrogens with zero attached hydrogens (tertiary/aromatic N) is 3. The van der Waals surface area contributed by atoms with Crippen LogP contribution < -0.4 is 10.2 Å². The molecular formula is C26H24N4S. The molecule has 5 heteroatoms. The molecule has 0 unspecified atom stereocenters. The van der Waals surface area contributed by atoms with Crippen LogP contribution in [0.15, 0.2) is 91.3 Å². The van der Waals surface area contributed by atoms with Gasteiger partial charge in [0.2, 0.25) is 0 Å². The van der Waals surface area contributed by atoms with Gasteiger partial charge in [-0.1, -0.05) is 30.3 Å². The van der Waals surface area contributed by atoms with Crippen LogP contribution in [-0.4, -0.2) is 14.7 Å². The van der Waals surface area contributed by atoms with Crippen molar-refractivity contribution in [1.29, 1.82) is 0 Å². The number of hydrogen-bond acceptors (Lipinski definition) is 2. The van der Waals surface area contributed by atoms with Crippen LogP contribution in [0.5, 0.6) is 0 Å². The second-order valence-corrected chi connectivity index (χ2v) is 8.37. The first kappa shape index (κ1) is 19.5. The number of nitrogens with one attached hydrogen (secondary N) is 1. The van der Waals surface area contributed by atoms with Crippen molar-refractivity contribution in [3.63, 3.8) is 0 Å². The maximum Gasteiger partial charge on any atom is 0.174 e. The Bertz CT molecular complexity index is 1200. The molecule has 154 valence electrons. The minimum absolute atomic E-state index is 0.0428. The van der Waals surface area contributed by atoms with Crippen LogP contribution in [0.4, 0.5) is 5.69 Å². The van der Waals surface area contributed by atoms with Crippen LogP contribution >= 0.6 is 12.2 Å². The van der Waals surface area contributed by atoms with Gasteiger partial charge in [0.15, 0.2) is 5.11 Å². The Balaban J connectivity index is 1.69. The Labute approximate surface area is 188 Å². The van der Waals surface area contributed by atoms with E-state index < -0.39 is 0 Å². The normalized spacial score (nSPS) is 18.3. The number of anilines is 1. The number of aromatic nitrogens is 2. The van der Waals surface area contributed by atoms with Gasteiger partial charge in [-0.05, 0) is 85.7 Å². The van der Waals surface area contributed by atoms with E-state index in [0.29, 0.717) is 5.11 Å². The number of aryl methyl sites for hydroxylation is 2. The van der Waals surface area contributed by atoms with Crippen LogP contribution in [-0.2, 0) is 0 Å². The summed E-state index contributed by atoms with van der Waals surface area (Å²) in [5.74, 6) is 0. The molecule has 0 spiro atoms. The fourth-order valence-corrected chi connectivity index (χ4v) is 4.83. The third kappa shape index (κ3) is 3.62. The van der Waals surface area contributed by atoms with E-state index >= 15 is 0 Å². The molecule has 1 saturated heterocycles. The van der Waals surface area contributed by atoms with E-state index in [9.17, 15) is 0 Å². The predicted octanol–water partition coefficient (Wildman–Crippen LogP) is 5.67. The van der Waals surface area contributed by atoms with E-state index in [0.717, 1.165) is 22.8 Å². The van der Waals surface area contributed by atoms with Crippen molar-refractivity contribution in [2.75, 3.05) is 4.90 Å². The third-order valence-corrected chi connectivity index (χ3v) is 6.01. The van der Waals surface area contributed by atoms with Gasteiger partial charge in [0.05, 0.1) is 11.7 Å². The molecule has 0 amide bonds. The lowest BCUT2D eigenvalue weighted by Gasteiger charge is -2.29. The van der Waals surface area contributed by atoms with E-state index in [2.05, 4.69) is 100 Å². The highest BCUT2D eigenvalue weighted by molar-refractivity contribution is 7.80. The van der Waals surface area contributed by atoms with Gasteiger partial charge in [-0.2, -0.15) is 0 Å². The van der Waals surface area contributed by atoms with E-state index in [1.807, 2.05) is 24.4 Å². The van der Waals surface area contributed by atoms with Crippen molar-refractivity contribution < 1.29 is 0 Å². The molecule has 0 aliphatic carbocycles. The van der Waals surface area contributed by atoms with Crippen LogP contribution in [0.3, 0.4) is 0 Å². The smallest absolute Gasteiger partial charge is 0.174 e. The van der Waals surface area contributed by atoms with Crippen LogP contribution in [0.25, 0.3) is 5.69 Å². The molecule has 5 rings (SSSR count). The van der Waals surface area contributed by atoms with Crippen molar-refractivity contribution in [3.05, 3.63) is 114 Å². The number of rotatable bonds is 4. The van der Waals surface area contributed by atoms with Crippen molar-refractivity contribution in [1.82, 2.24) is 14.9 Å². The number of para-hydroxylation sites is 1. The molecular weight excluding hydrogens is 400 g/mol. The Kier molecular flexibility index (Phi) is 5.04. The topological polar surface area (TPSA) is 33.1 Å². The zero-order chi connectivity index (χ0) is 21.4. The SMILES string of the molecule is Cc1cc(C)cc(N2C(=S)N[C@@H](c3ccccn3)[C@H]2c2cccn2-c2ccccc2)c1. The molecule has 2 aromatic heterocycles. The van der Waals surface area contributed by atoms with E-state index in [4.69, 9.17) is 12.2 Å². The second kappa shape index (κ2) is 8.00. The number of hydrogen-bond donors (Lipinski definition) is 1. The molecule has 1 N–H and O–H groups in total. The van der Waals surface area contributed by atoms with Gasteiger partial charge in [-0.25, -0.2) is 0 Å². The summed E-state index contributed by atoms with van der Waals surface area (Å²) in [5, 5.41) is 4.27. The molecule has 3 heterocycles. The highest BCUT2D eigenvalue weighted by Crippen LogP contribution is 2.42. The minimum Gasteiger partial charge on any atom is -0.351 e. The standard InChI is InChI=1S/C26H24N4S/c1-18-15-19(2)17-21(16-18)30-25(24(28-26(30)31)22-11-6-7-13-27-22)23-12-8-14-29(23)20-9-4-3-5-10-20/h3-17,24-25H,1-2H3,(H,28,31)/t24-,25+/m0/s1. The summed E-state index contributed by atoms with van der Waals surface area (Å²) in [6.45, 7) is 4.25. The predicted molar refractivity (Wildman–Crippen MR) is 130 cm³/mol. The van der Waals surface area contributed by atoms with Crippen LogP contribution in [0.1, 0.15) is 34.6 Å². The fraction of sp³-hybridized carbons (Fsp3) is 0.154. The fourth-order valence-electron chi connectivity index (χ4n) is 4.48. The van der Waals surface area contributed by atoms with Gasteiger partial charge in [0, 0.05) is 29.5 Å². The molecule has 2 aromatic carbocycles. The molecule has 1 fully saturated rings. The Morgan fingerprint density at radius 2 is 1.58 bits per heavy atom. The lowest BCUT2D eigenvalue weighted by Crippen LogP contribution is -2.30. The highest BCUT2D eigenvalue weighted by Gasteiger charge is 2.42. The van der Waals surface area contributed by atoms with Crippen LogP contribution in [0, 0.1) is 13.8 Å². The summed E-state index contributed by atoms with van der Waals surface area (Å²) in [5.41, 5.74) is 6.79. The maximum absolute atomic E-state index is 5.87. The molecule has 1 aliphatic heterocycles. The first-order valence-electron chi connectivity index (χ1n) is 10.4. The average Bonchev–Trinajstić information content (AvgIpc) is 3.38. The van der Waals surface area contributed by atoms with Gasteiger partial charge in [-0.15, -0.1) is 0 Å². The van der Waals surface area contributed by atoms with E-state index in [-0.39, 0.29) is 12.1 Å². The van der Waals surface area contributed by atoms with Crippen LogP contribution in [0.2, 0.25) is 0 Å². The summed E-state index contributed by atoms with van der Waals surface area (Å²) in [6, 6.07) is 27.2. The zero-order valence-electron chi connectivity index (χ0n) is 17.6. The molecule has 4 aromatic rings. The van der Waals surface area contributed by atoms with Crippen molar-refractivity contribution >= 4 is 23.0 Å². The highest BCUT2D eigenvalue weighted by atomic mass is 32.1. The first-order chi connectivity index (χ1) is 15.1. The molecule has 0 bridgehead atoms. The molecule has 0 radical (unpaired) electrons. The average molecular weight is 425 g/mol. The number of benzene rings is 2. The number of pyridine rings is 1. The molecule has 31 heavy (non-hydrogen) atoms. The summed E-state index contributed by atoms with van der Waals surface area (Å²) in [7, 11) is 0. The summed E-state index contributed by atoms with van der Waals surface area (Å²) < 4.78 is 2.24. The molecule has 1 aliphatic rings. The third-order valence-electron chi connectivity index (χ3n) is 5.70. The zero-order valence-corrected chi connectivity index (χ0v) is 18.4. The van der Waals surface area contributed by atoms with E-state index in [1.54, 1.807) is 0 Å². The van der Waals surface area contributed by atoms with Crippen molar-refractivity contribution in [3.8, 4) is 5.69 Å². The molecule has 2 atom stereocenters. The lowest BCUT2D eigenvalue weighted by molar-refractivity contribution is 0.549. The Hall–Kier alpha value is -3.44. The maximum atomic E-state index is 5.87. The van der Waals surface area contributed by atoms with Gasteiger partial charge in [0.25, 0.3) is 0 Å².